The number of alkyl halides is 2. The molecular formula is C27H36F2N4O3. The molecule has 0 radical (unpaired) electrons. The zero-order valence-corrected chi connectivity index (χ0v) is 21.1. The summed E-state index contributed by atoms with van der Waals surface area (Å²) < 4.78 is 34.4. The van der Waals surface area contributed by atoms with Crippen molar-refractivity contribution < 1.29 is 23.1 Å². The quantitative estimate of drug-likeness (QED) is 0.577. The van der Waals surface area contributed by atoms with Gasteiger partial charge in [0.15, 0.2) is 0 Å². The second-order valence-electron chi connectivity index (χ2n) is 10.4. The van der Waals surface area contributed by atoms with Crippen LogP contribution >= 0.6 is 0 Å². The van der Waals surface area contributed by atoms with Crippen molar-refractivity contribution in [1.82, 2.24) is 19.3 Å². The van der Waals surface area contributed by atoms with Crippen molar-refractivity contribution >= 4 is 22.7 Å². The summed E-state index contributed by atoms with van der Waals surface area (Å²) in [5.41, 5.74) is 1.91. The highest BCUT2D eigenvalue weighted by atomic mass is 19.3. The summed E-state index contributed by atoms with van der Waals surface area (Å²) in [5.74, 6) is -2.93. The van der Waals surface area contributed by atoms with Crippen LogP contribution in [0.25, 0.3) is 10.9 Å². The summed E-state index contributed by atoms with van der Waals surface area (Å²) in [4.78, 5) is 32.8. The Kier molecular flexibility index (Phi) is 7.30. The van der Waals surface area contributed by atoms with Crippen molar-refractivity contribution in [3.8, 4) is 0 Å². The second kappa shape index (κ2) is 10.5. The molecule has 0 saturated carbocycles. The lowest BCUT2D eigenvalue weighted by atomic mass is 10.1. The SMILES string of the molecule is COCCn1c(C(=O)N2CCC(F)(F)CC2)cc2cc(C(=O)N3CCC[C@H]3CN3CCCC3)ccc21. The molecule has 2 aromatic rings. The zero-order chi connectivity index (χ0) is 25.3. The first-order chi connectivity index (χ1) is 17.4. The van der Waals surface area contributed by atoms with Crippen molar-refractivity contribution in [3.05, 3.63) is 35.5 Å². The van der Waals surface area contributed by atoms with Crippen LogP contribution in [0.15, 0.2) is 24.3 Å². The molecule has 3 fully saturated rings. The summed E-state index contributed by atoms with van der Waals surface area (Å²) in [6, 6.07) is 7.64. The van der Waals surface area contributed by atoms with E-state index in [2.05, 4.69) is 4.90 Å². The molecule has 0 N–H and O–H groups in total. The summed E-state index contributed by atoms with van der Waals surface area (Å²) in [5, 5.41) is 0.804. The molecule has 196 valence electrons. The molecule has 3 aliphatic rings. The Balaban J connectivity index is 1.39. The number of piperidine rings is 1. The molecule has 1 atom stereocenters. The van der Waals surface area contributed by atoms with Gasteiger partial charge in [-0.1, -0.05) is 0 Å². The van der Waals surface area contributed by atoms with E-state index in [1.807, 2.05) is 27.7 Å². The molecule has 36 heavy (non-hydrogen) atoms. The van der Waals surface area contributed by atoms with E-state index in [-0.39, 0.29) is 43.8 Å². The molecule has 0 unspecified atom stereocenters. The lowest BCUT2D eigenvalue weighted by Gasteiger charge is -2.32. The number of fused-ring (bicyclic) bond motifs is 1. The largest absolute Gasteiger partial charge is 0.383 e. The van der Waals surface area contributed by atoms with Crippen LogP contribution in [0.5, 0.6) is 0 Å². The van der Waals surface area contributed by atoms with Crippen LogP contribution in [-0.4, -0.2) is 96.0 Å². The van der Waals surface area contributed by atoms with Crippen LogP contribution in [0.4, 0.5) is 8.78 Å². The molecule has 4 heterocycles. The third-order valence-electron chi connectivity index (χ3n) is 7.97. The van der Waals surface area contributed by atoms with Gasteiger partial charge in [-0.2, -0.15) is 0 Å². The minimum Gasteiger partial charge on any atom is -0.383 e. The van der Waals surface area contributed by atoms with Gasteiger partial charge < -0.3 is 24.0 Å². The van der Waals surface area contributed by atoms with Crippen molar-refractivity contribution in [1.29, 1.82) is 0 Å². The van der Waals surface area contributed by atoms with E-state index < -0.39 is 5.92 Å². The Labute approximate surface area is 210 Å². The third kappa shape index (κ3) is 5.13. The van der Waals surface area contributed by atoms with Gasteiger partial charge in [0.25, 0.3) is 17.7 Å². The van der Waals surface area contributed by atoms with Crippen molar-refractivity contribution in [3.63, 3.8) is 0 Å². The fourth-order valence-corrected chi connectivity index (χ4v) is 5.93. The predicted octanol–water partition coefficient (Wildman–Crippen LogP) is 3.86. The molecule has 3 aliphatic heterocycles. The average molecular weight is 503 g/mol. The van der Waals surface area contributed by atoms with E-state index in [9.17, 15) is 18.4 Å². The molecule has 1 aromatic heterocycles. The third-order valence-corrected chi connectivity index (χ3v) is 7.97. The minimum atomic E-state index is -2.71. The van der Waals surface area contributed by atoms with Crippen molar-refractivity contribution in [2.45, 2.75) is 57.0 Å². The normalized spacial score (nSPS) is 22.6. The Morgan fingerprint density at radius 1 is 1.00 bits per heavy atom. The van der Waals surface area contributed by atoms with Gasteiger partial charge in [-0.3, -0.25) is 9.59 Å². The molecular weight excluding hydrogens is 466 g/mol. The van der Waals surface area contributed by atoms with E-state index in [0.29, 0.717) is 24.4 Å². The number of rotatable bonds is 7. The van der Waals surface area contributed by atoms with Gasteiger partial charge in [0, 0.05) is 75.2 Å². The molecule has 1 aromatic carbocycles. The average Bonchev–Trinajstić information content (AvgIpc) is 3.62. The number of hydrogen-bond donors (Lipinski definition) is 0. The number of nitrogens with zero attached hydrogens (tertiary/aromatic N) is 4. The smallest absolute Gasteiger partial charge is 0.270 e. The molecule has 0 aliphatic carbocycles. The number of amides is 2. The molecule has 9 heteroatoms. The van der Waals surface area contributed by atoms with E-state index >= 15 is 0 Å². The van der Waals surface area contributed by atoms with Gasteiger partial charge in [-0.15, -0.1) is 0 Å². The van der Waals surface area contributed by atoms with Crippen molar-refractivity contribution in [2.24, 2.45) is 0 Å². The summed E-state index contributed by atoms with van der Waals surface area (Å²) in [6.07, 6.45) is 3.89. The van der Waals surface area contributed by atoms with Crippen LogP contribution in [0.2, 0.25) is 0 Å². The number of benzene rings is 1. The maximum Gasteiger partial charge on any atom is 0.270 e. The number of likely N-dealkylation sites (tertiary alicyclic amines) is 3. The number of carbonyl (C=O) groups excluding carboxylic acids is 2. The fourth-order valence-electron chi connectivity index (χ4n) is 5.93. The van der Waals surface area contributed by atoms with Crippen molar-refractivity contribution in [2.75, 3.05) is 53.0 Å². The first-order valence-electron chi connectivity index (χ1n) is 13.2. The number of carbonyl (C=O) groups is 2. The molecule has 0 bridgehead atoms. The first kappa shape index (κ1) is 25.1. The Hall–Kier alpha value is -2.52. The maximum atomic E-state index is 13.6. The van der Waals surface area contributed by atoms with Gasteiger partial charge in [0.2, 0.25) is 0 Å². The van der Waals surface area contributed by atoms with Gasteiger partial charge >= 0.3 is 0 Å². The molecule has 7 nitrogen and oxygen atoms in total. The number of halogens is 2. The van der Waals surface area contributed by atoms with E-state index in [1.54, 1.807) is 13.2 Å². The fraction of sp³-hybridized carbons (Fsp3) is 0.630. The molecule has 0 spiro atoms. The monoisotopic (exact) mass is 502 g/mol. The highest BCUT2D eigenvalue weighted by Gasteiger charge is 2.37. The lowest BCUT2D eigenvalue weighted by molar-refractivity contribution is -0.0495. The van der Waals surface area contributed by atoms with Crippen LogP contribution in [-0.2, 0) is 11.3 Å². The molecule has 5 rings (SSSR count). The molecule has 2 amide bonds. The number of methoxy groups -OCH3 is 1. The summed E-state index contributed by atoms with van der Waals surface area (Å²) >= 11 is 0. The van der Waals surface area contributed by atoms with Crippen LogP contribution < -0.4 is 0 Å². The maximum absolute atomic E-state index is 13.6. The zero-order valence-electron chi connectivity index (χ0n) is 21.1. The van der Waals surface area contributed by atoms with E-state index in [1.165, 1.54) is 17.7 Å². The van der Waals surface area contributed by atoms with Gasteiger partial charge in [-0.05, 0) is 63.0 Å². The van der Waals surface area contributed by atoms with Crippen LogP contribution in [0, 0.1) is 0 Å². The van der Waals surface area contributed by atoms with Gasteiger partial charge in [-0.25, -0.2) is 8.78 Å². The Bertz CT molecular complexity index is 1100. The predicted molar refractivity (Wildman–Crippen MR) is 134 cm³/mol. The number of ether oxygens (including phenoxy) is 1. The Morgan fingerprint density at radius 3 is 2.47 bits per heavy atom. The van der Waals surface area contributed by atoms with E-state index in [4.69, 9.17) is 4.74 Å². The second-order valence-corrected chi connectivity index (χ2v) is 10.4. The van der Waals surface area contributed by atoms with Gasteiger partial charge in [0.1, 0.15) is 5.69 Å². The molecule has 3 saturated heterocycles. The van der Waals surface area contributed by atoms with Crippen LogP contribution in [0.1, 0.15) is 59.4 Å². The number of hydrogen-bond acceptors (Lipinski definition) is 4. The Morgan fingerprint density at radius 2 is 1.75 bits per heavy atom. The highest BCUT2D eigenvalue weighted by Crippen LogP contribution is 2.30. The lowest BCUT2D eigenvalue weighted by Crippen LogP contribution is -2.43. The minimum absolute atomic E-state index is 0.0364. The number of aromatic nitrogens is 1. The standard InChI is InChI=1S/C27H36F2N4O3/c1-36-16-15-33-23-7-6-20(25(34)32-12-4-5-22(32)19-30-10-2-3-11-30)17-21(23)18-24(33)26(35)31-13-8-27(28,29)9-14-31/h6-7,17-18,22H,2-5,8-16,19H2,1H3/t22-/m0/s1. The summed E-state index contributed by atoms with van der Waals surface area (Å²) in [6.45, 7) is 4.89. The summed E-state index contributed by atoms with van der Waals surface area (Å²) in [7, 11) is 1.60. The van der Waals surface area contributed by atoms with Crippen LogP contribution in [0.3, 0.4) is 0 Å². The first-order valence-corrected chi connectivity index (χ1v) is 13.2. The highest BCUT2D eigenvalue weighted by molar-refractivity contribution is 6.02. The van der Waals surface area contributed by atoms with Gasteiger partial charge in [0.05, 0.1) is 6.61 Å². The topological polar surface area (TPSA) is 58.0 Å². The van der Waals surface area contributed by atoms with E-state index in [0.717, 1.165) is 49.9 Å².